The second-order valence-electron chi connectivity index (χ2n) is 15.1. The first-order valence-corrected chi connectivity index (χ1v) is 20.1. The zero-order valence-electron chi connectivity index (χ0n) is 30.6. The van der Waals surface area contributed by atoms with E-state index < -0.39 is 92.4 Å². The van der Waals surface area contributed by atoms with Crippen LogP contribution in [0.25, 0.3) is 0 Å². The molecule has 4 fully saturated rings. The molecule has 3 aliphatic carbocycles. The maximum Gasteiger partial charge on any atom is 0.408 e. The van der Waals surface area contributed by atoms with Gasteiger partial charge in [-0.05, 0) is 75.5 Å². The van der Waals surface area contributed by atoms with E-state index in [0.717, 1.165) is 23.8 Å². The highest BCUT2D eigenvalue weighted by atomic mass is 32.2. The number of halogens is 1. The molecule has 55 heavy (non-hydrogen) atoms. The Balaban J connectivity index is 1.32. The monoisotopic (exact) mass is 786 g/mol. The van der Waals surface area contributed by atoms with Crippen molar-refractivity contribution in [2.24, 2.45) is 11.8 Å². The predicted molar refractivity (Wildman–Crippen MR) is 194 cm³/mol. The van der Waals surface area contributed by atoms with E-state index in [2.05, 4.69) is 28.5 Å². The van der Waals surface area contributed by atoms with Gasteiger partial charge >= 0.3 is 12.2 Å². The molecular weight excluding hydrogens is 740 g/mol. The zero-order chi connectivity index (χ0) is 39.8. The molecule has 0 aromatic heterocycles. The Bertz CT molecular complexity index is 1880. The third-order valence-electron chi connectivity index (χ3n) is 11.5. The van der Waals surface area contributed by atoms with Gasteiger partial charge in [-0.15, -0.1) is 6.58 Å². The normalized spacial score (nSPS) is 26.4. The number of carboxylic acid groups (broad SMARTS) is 1. The lowest BCUT2D eigenvalue weighted by Gasteiger charge is -2.31. The van der Waals surface area contributed by atoms with Crippen LogP contribution in [0.2, 0.25) is 0 Å². The molecule has 2 aliphatic heterocycles. The van der Waals surface area contributed by atoms with Gasteiger partial charge in [-0.25, -0.2) is 22.4 Å². The number of fused-ring (bicyclic) bond motifs is 1. The second kappa shape index (κ2) is 15.6. The van der Waals surface area contributed by atoms with Crippen molar-refractivity contribution in [1.29, 1.82) is 0 Å². The van der Waals surface area contributed by atoms with E-state index in [4.69, 9.17) is 4.74 Å². The number of carbonyl (C=O) groups excluding carboxylic acids is 5. The summed E-state index contributed by atoms with van der Waals surface area (Å²) < 4.78 is 48.1. The van der Waals surface area contributed by atoms with Gasteiger partial charge in [0, 0.05) is 37.5 Å². The van der Waals surface area contributed by atoms with Crippen LogP contribution in [0.15, 0.2) is 43.5 Å². The van der Waals surface area contributed by atoms with E-state index in [1.54, 1.807) is 6.07 Å². The van der Waals surface area contributed by atoms with Crippen molar-refractivity contribution in [2.45, 2.75) is 99.4 Å². The number of benzene rings is 1. The van der Waals surface area contributed by atoms with Gasteiger partial charge in [0.2, 0.25) is 27.7 Å². The summed E-state index contributed by atoms with van der Waals surface area (Å²) in [6.07, 6.45) is 3.64. The van der Waals surface area contributed by atoms with Crippen molar-refractivity contribution in [3.63, 3.8) is 0 Å². The van der Waals surface area contributed by atoms with Crippen LogP contribution in [-0.4, -0.2) is 113 Å². The van der Waals surface area contributed by atoms with Crippen LogP contribution >= 0.6 is 0 Å². The summed E-state index contributed by atoms with van der Waals surface area (Å²) >= 11 is 0. The molecule has 1 saturated heterocycles. The van der Waals surface area contributed by atoms with Crippen molar-refractivity contribution in [2.75, 3.05) is 20.1 Å². The number of rotatable bonds is 14. The molecule has 1 unspecified atom stereocenters. The Morgan fingerprint density at radius 3 is 2.44 bits per heavy atom. The molecule has 16 nitrogen and oxygen atoms in total. The topological polar surface area (TPSA) is 212 Å². The van der Waals surface area contributed by atoms with Gasteiger partial charge < -0.3 is 30.3 Å². The lowest BCUT2D eigenvalue weighted by atomic mass is 9.90. The molecule has 3 saturated carbocycles. The van der Waals surface area contributed by atoms with Crippen LogP contribution in [0.4, 0.5) is 14.0 Å². The van der Waals surface area contributed by atoms with E-state index in [9.17, 15) is 46.7 Å². The first-order chi connectivity index (χ1) is 26.1. The molecule has 0 radical (unpaired) electrons. The first-order valence-electron chi connectivity index (χ1n) is 18.5. The number of sulfonamides is 1. The summed E-state index contributed by atoms with van der Waals surface area (Å²) in [4.78, 5) is 84.1. The van der Waals surface area contributed by atoms with E-state index in [-0.39, 0.29) is 50.6 Å². The molecule has 6 atom stereocenters. The van der Waals surface area contributed by atoms with Crippen molar-refractivity contribution in [1.82, 2.24) is 30.1 Å². The largest absolute Gasteiger partial charge is 0.465 e. The maximum absolute atomic E-state index is 15.0. The molecule has 2 heterocycles. The summed E-state index contributed by atoms with van der Waals surface area (Å²) in [5.41, 5.74) is -1.13. The third kappa shape index (κ3) is 8.18. The lowest BCUT2D eigenvalue weighted by molar-refractivity contribution is -0.141. The number of hydrogen-bond acceptors (Lipinski definition) is 9. The summed E-state index contributed by atoms with van der Waals surface area (Å²) in [6.45, 7) is 6.72. The van der Waals surface area contributed by atoms with Crippen LogP contribution in [-0.2, 0) is 40.5 Å². The number of nitrogens with zero attached hydrogens (tertiary/aromatic N) is 3. The summed E-state index contributed by atoms with van der Waals surface area (Å²) in [6, 6.07) is 0.635. The number of carbonyl (C=O) groups is 6. The Kier molecular flexibility index (Phi) is 11.3. The van der Waals surface area contributed by atoms with Crippen molar-refractivity contribution >= 4 is 45.8 Å². The van der Waals surface area contributed by atoms with Crippen molar-refractivity contribution < 1.29 is 51.4 Å². The molecule has 5 aliphatic rings. The van der Waals surface area contributed by atoms with Gasteiger partial charge in [0.1, 0.15) is 29.5 Å². The maximum atomic E-state index is 15.0. The van der Waals surface area contributed by atoms with Crippen LogP contribution in [0.5, 0.6) is 0 Å². The fourth-order valence-electron chi connectivity index (χ4n) is 8.14. The SMILES string of the molecule is C=CC(=O)N(C)CC[C@H](NC(=O)OC1CCCC1)C(=O)N1C[C@H](C2c3cccc(F)c3CN2C(=O)O)C[C@H]1C(=O)N[C@]1(C(=O)NS(=O)(=O)C2CC2)C[C@H]1C=C. The molecule has 4 N–H and O–H groups in total. The van der Waals surface area contributed by atoms with Gasteiger partial charge in [0.15, 0.2) is 0 Å². The Morgan fingerprint density at radius 1 is 1.11 bits per heavy atom. The summed E-state index contributed by atoms with van der Waals surface area (Å²) in [5.74, 6) is -4.92. The standard InChI is InChI=1S/C37H47FN6O10S/c1-4-22-18-37(22,34(48)41-55(52,53)24-13-14-24)40-32(46)29-17-21(31-25-11-8-12-27(38)26(25)20-44(31)36(50)51)19-43(29)33(47)28(15-16-42(3)30(45)5-2)39-35(49)54-23-9-6-7-10-23/h4-5,8,11-12,21-24,28-29,31H,1-2,6-7,9-10,13-20H2,3H3,(H,39,49)(H,40,46)(H,41,48)(H,50,51)/t21-,22-,28+,29+,31?,37-/m1/s1. The average molecular weight is 787 g/mol. The Hall–Kier alpha value is -5.00. The first kappa shape index (κ1) is 39.7. The highest BCUT2D eigenvalue weighted by Gasteiger charge is 2.62. The third-order valence-corrected chi connectivity index (χ3v) is 13.3. The lowest BCUT2D eigenvalue weighted by Crippen LogP contribution is -2.58. The molecule has 1 aromatic carbocycles. The van der Waals surface area contributed by atoms with E-state index >= 15 is 0 Å². The van der Waals surface area contributed by atoms with E-state index in [1.165, 1.54) is 35.1 Å². The van der Waals surface area contributed by atoms with Gasteiger partial charge in [0.05, 0.1) is 17.8 Å². The molecule has 298 valence electrons. The number of nitrogens with one attached hydrogen (secondary N) is 3. The van der Waals surface area contributed by atoms with Crippen LogP contribution in [0.1, 0.15) is 75.0 Å². The number of hydrogen-bond donors (Lipinski definition) is 4. The highest BCUT2D eigenvalue weighted by Crippen LogP contribution is 2.47. The number of likely N-dealkylation sites (tertiary alicyclic amines) is 1. The van der Waals surface area contributed by atoms with E-state index in [1.807, 2.05) is 0 Å². The van der Waals surface area contributed by atoms with Gasteiger partial charge in [-0.2, -0.15) is 0 Å². The van der Waals surface area contributed by atoms with E-state index in [0.29, 0.717) is 31.2 Å². The number of likely N-dealkylation sites (N-methyl/N-ethyl adjacent to an activating group) is 1. The fraction of sp³-hybridized carbons (Fsp3) is 0.568. The smallest absolute Gasteiger partial charge is 0.408 e. The molecule has 6 amide bonds. The van der Waals surface area contributed by atoms with Crippen LogP contribution in [0.3, 0.4) is 0 Å². The second-order valence-corrected chi connectivity index (χ2v) is 17.1. The molecule has 0 bridgehead atoms. The van der Waals surface area contributed by atoms with Gasteiger partial charge in [0.25, 0.3) is 5.91 Å². The average Bonchev–Trinajstić information content (AvgIpc) is 3.95. The van der Waals surface area contributed by atoms with Gasteiger partial charge in [-0.3, -0.25) is 28.8 Å². The van der Waals surface area contributed by atoms with Gasteiger partial charge in [-0.1, -0.05) is 24.8 Å². The molecular formula is C37H47FN6O10S. The van der Waals surface area contributed by atoms with Crippen LogP contribution in [0, 0.1) is 17.7 Å². The van der Waals surface area contributed by atoms with Crippen LogP contribution < -0.4 is 15.4 Å². The summed E-state index contributed by atoms with van der Waals surface area (Å²) in [5, 5.41) is 14.8. The predicted octanol–water partition coefficient (Wildman–Crippen LogP) is 2.32. The fourth-order valence-corrected chi connectivity index (χ4v) is 9.50. The van der Waals surface area contributed by atoms with Crippen molar-refractivity contribution in [3.8, 4) is 0 Å². The minimum absolute atomic E-state index is 0.0130. The quantitative estimate of drug-likeness (QED) is 0.160. The number of alkyl carbamates (subject to hydrolysis) is 1. The number of amides is 6. The minimum atomic E-state index is -3.99. The molecule has 1 aromatic rings. The number of ether oxygens (including phenoxy) is 1. The molecule has 0 spiro atoms. The minimum Gasteiger partial charge on any atom is -0.465 e. The highest BCUT2D eigenvalue weighted by molar-refractivity contribution is 7.91. The molecule has 18 heteroatoms. The zero-order valence-corrected chi connectivity index (χ0v) is 31.4. The van der Waals surface area contributed by atoms with Crippen molar-refractivity contribution in [3.05, 3.63) is 60.5 Å². The molecule has 6 rings (SSSR count). The Labute approximate surface area is 318 Å². The Morgan fingerprint density at radius 2 is 1.82 bits per heavy atom. The summed E-state index contributed by atoms with van der Waals surface area (Å²) in [7, 11) is -2.50.